The molecule has 0 unspecified atom stereocenters. The predicted octanol–water partition coefficient (Wildman–Crippen LogP) is 0.352. The fourth-order valence-corrected chi connectivity index (χ4v) is 2.48. The Labute approximate surface area is 122 Å². The monoisotopic (exact) mass is 316 g/mol. The summed E-state index contributed by atoms with van der Waals surface area (Å²) in [4.78, 5) is 16.2. The van der Waals surface area contributed by atoms with Gasteiger partial charge in [-0.05, 0) is 19.4 Å². The molecule has 3 N–H and O–H groups in total. The number of thioether (sulfide) groups is 1. The van der Waals surface area contributed by atoms with E-state index in [9.17, 15) is 13.2 Å². The number of carbonyl (C=O) groups is 1. The fourth-order valence-electron chi connectivity index (χ4n) is 1.29. The quantitative estimate of drug-likeness (QED) is 0.655. The molecule has 0 radical (unpaired) electrons. The van der Waals surface area contributed by atoms with Crippen molar-refractivity contribution in [2.24, 2.45) is 0 Å². The Kier molecular flexibility index (Phi) is 5.99. The number of anilines is 1. The van der Waals surface area contributed by atoms with Crippen LogP contribution in [-0.2, 0) is 14.8 Å². The highest BCUT2D eigenvalue weighted by Crippen LogP contribution is 2.17. The molecule has 0 aliphatic heterocycles. The van der Waals surface area contributed by atoms with E-state index in [1.54, 1.807) is 19.5 Å². The first-order chi connectivity index (χ1) is 9.44. The minimum atomic E-state index is -3.59. The van der Waals surface area contributed by atoms with Crippen molar-refractivity contribution in [2.75, 3.05) is 25.7 Å². The van der Waals surface area contributed by atoms with E-state index < -0.39 is 10.0 Å². The number of aromatic nitrogens is 1. The van der Waals surface area contributed by atoms with Gasteiger partial charge in [0.05, 0.1) is 16.8 Å². The lowest BCUT2D eigenvalue weighted by Gasteiger charge is -2.08. The lowest BCUT2D eigenvalue weighted by atomic mass is 10.4. The molecule has 0 aromatic carbocycles. The van der Waals surface area contributed by atoms with Crippen LogP contribution < -0.4 is 15.4 Å². The first-order valence-electron chi connectivity index (χ1n) is 5.56. The number of hydrogen-bond acceptors (Lipinski definition) is 6. The number of carbonyl (C=O) groups excluding carboxylic acids is 1. The lowest BCUT2D eigenvalue weighted by Crippen LogP contribution is -2.19. The van der Waals surface area contributed by atoms with Gasteiger partial charge in [-0.1, -0.05) is 0 Å². The molecule has 0 aliphatic carbocycles. The third-order valence-corrected chi connectivity index (χ3v) is 4.39. The maximum Gasteiger partial charge on any atom is 0.263 e. The minimum Gasteiger partial charge on any atom is -0.393 e. The normalized spacial score (nSPS) is 12.1. The topological polar surface area (TPSA) is 100 Å². The number of pyridine rings is 1. The van der Waals surface area contributed by atoms with Crippen molar-refractivity contribution >= 4 is 33.4 Å². The van der Waals surface area contributed by atoms with E-state index in [2.05, 4.69) is 20.3 Å². The minimum absolute atomic E-state index is 0.0129. The van der Waals surface area contributed by atoms with Crippen molar-refractivity contribution in [3.8, 4) is 0 Å². The Bertz CT molecular complexity index is 614. The summed E-state index contributed by atoms with van der Waals surface area (Å²) >= 11 is 1.27. The van der Waals surface area contributed by atoms with Crippen molar-refractivity contribution in [1.82, 2.24) is 15.0 Å². The molecule has 9 heteroatoms. The van der Waals surface area contributed by atoms with Crippen LogP contribution in [0.4, 0.5) is 5.69 Å². The maximum atomic E-state index is 11.9. The van der Waals surface area contributed by atoms with Crippen LogP contribution in [0, 0.1) is 0 Å². The largest absolute Gasteiger partial charge is 0.393 e. The highest BCUT2D eigenvalue weighted by molar-refractivity contribution is 8.03. The molecule has 110 valence electrons. The third-order valence-electron chi connectivity index (χ3n) is 2.27. The first-order valence-corrected chi connectivity index (χ1v) is 8.26. The van der Waals surface area contributed by atoms with Gasteiger partial charge in [-0.25, -0.2) is 13.1 Å². The van der Waals surface area contributed by atoms with Crippen molar-refractivity contribution in [3.05, 3.63) is 29.6 Å². The number of amides is 1. The molecule has 1 heterocycles. The average molecular weight is 316 g/mol. The zero-order chi connectivity index (χ0) is 15.2. The molecule has 0 spiro atoms. The molecule has 1 aromatic rings. The number of nitrogens with zero attached hydrogens (tertiary/aromatic N) is 1. The SMILES string of the molecule is CN/C=C(\SC)C(=O)Nc1cncc(S(=O)(=O)NC)c1. The van der Waals surface area contributed by atoms with E-state index in [1.165, 1.54) is 37.3 Å². The molecule has 0 aliphatic rings. The molecule has 1 aromatic heterocycles. The highest BCUT2D eigenvalue weighted by Gasteiger charge is 2.14. The van der Waals surface area contributed by atoms with E-state index in [1.807, 2.05) is 0 Å². The van der Waals surface area contributed by atoms with Crippen LogP contribution in [0.15, 0.2) is 34.5 Å². The van der Waals surface area contributed by atoms with Crippen LogP contribution in [0.1, 0.15) is 0 Å². The van der Waals surface area contributed by atoms with Gasteiger partial charge in [0.15, 0.2) is 0 Å². The molecule has 0 bridgehead atoms. The molecule has 0 saturated heterocycles. The van der Waals surface area contributed by atoms with E-state index in [0.29, 0.717) is 10.6 Å². The Morgan fingerprint density at radius 2 is 2.05 bits per heavy atom. The first kappa shape index (κ1) is 16.5. The van der Waals surface area contributed by atoms with Gasteiger partial charge in [0.2, 0.25) is 10.0 Å². The second kappa shape index (κ2) is 7.27. The Morgan fingerprint density at radius 1 is 1.35 bits per heavy atom. The Balaban J connectivity index is 2.98. The van der Waals surface area contributed by atoms with Crippen LogP contribution in [0.2, 0.25) is 0 Å². The average Bonchev–Trinajstić information content (AvgIpc) is 2.44. The number of nitrogens with one attached hydrogen (secondary N) is 3. The van der Waals surface area contributed by atoms with Gasteiger partial charge in [-0.15, -0.1) is 11.8 Å². The molecule has 0 fully saturated rings. The Hall–Kier alpha value is -1.58. The summed E-state index contributed by atoms with van der Waals surface area (Å²) < 4.78 is 25.5. The third kappa shape index (κ3) is 4.22. The number of sulfonamides is 1. The summed E-state index contributed by atoms with van der Waals surface area (Å²) in [5.74, 6) is -0.340. The smallest absolute Gasteiger partial charge is 0.263 e. The molecule has 20 heavy (non-hydrogen) atoms. The molecule has 1 amide bonds. The fraction of sp³-hybridized carbons (Fsp3) is 0.273. The van der Waals surface area contributed by atoms with E-state index >= 15 is 0 Å². The summed E-state index contributed by atoms with van der Waals surface area (Å²) in [5.41, 5.74) is 0.308. The van der Waals surface area contributed by atoms with Crippen LogP contribution in [0.25, 0.3) is 0 Å². The van der Waals surface area contributed by atoms with Crippen LogP contribution >= 0.6 is 11.8 Å². The summed E-state index contributed by atoms with van der Waals surface area (Å²) in [6.07, 6.45) is 5.91. The van der Waals surface area contributed by atoms with Gasteiger partial charge in [-0.2, -0.15) is 0 Å². The van der Waals surface area contributed by atoms with Gasteiger partial charge >= 0.3 is 0 Å². The van der Waals surface area contributed by atoms with Crippen molar-refractivity contribution in [2.45, 2.75) is 4.90 Å². The van der Waals surface area contributed by atoms with Crippen molar-refractivity contribution < 1.29 is 13.2 Å². The summed E-state index contributed by atoms with van der Waals surface area (Å²) in [7, 11) is -0.595. The van der Waals surface area contributed by atoms with Gasteiger partial charge in [0.25, 0.3) is 5.91 Å². The predicted molar refractivity (Wildman–Crippen MR) is 79.8 cm³/mol. The lowest BCUT2D eigenvalue weighted by molar-refractivity contribution is -0.112. The van der Waals surface area contributed by atoms with Crippen LogP contribution in [0.5, 0.6) is 0 Å². The highest BCUT2D eigenvalue weighted by atomic mass is 32.2. The van der Waals surface area contributed by atoms with Gasteiger partial charge < -0.3 is 10.6 Å². The maximum absolute atomic E-state index is 11.9. The molecular weight excluding hydrogens is 300 g/mol. The number of rotatable bonds is 6. The van der Waals surface area contributed by atoms with E-state index in [4.69, 9.17) is 0 Å². The van der Waals surface area contributed by atoms with Gasteiger partial charge in [-0.3, -0.25) is 9.78 Å². The van der Waals surface area contributed by atoms with Gasteiger partial charge in [0, 0.05) is 19.4 Å². The molecular formula is C11H16N4O3S2. The van der Waals surface area contributed by atoms with Crippen LogP contribution in [-0.4, -0.2) is 39.7 Å². The molecule has 0 atom stereocenters. The van der Waals surface area contributed by atoms with Crippen LogP contribution in [0.3, 0.4) is 0 Å². The van der Waals surface area contributed by atoms with E-state index in [0.717, 1.165) is 0 Å². The summed E-state index contributed by atoms with van der Waals surface area (Å²) in [6, 6.07) is 1.34. The zero-order valence-electron chi connectivity index (χ0n) is 11.3. The van der Waals surface area contributed by atoms with Crippen molar-refractivity contribution in [3.63, 3.8) is 0 Å². The molecule has 7 nitrogen and oxygen atoms in total. The summed E-state index contributed by atoms with van der Waals surface area (Å²) in [5, 5.41) is 5.36. The second-order valence-corrected chi connectivity index (χ2v) is 6.31. The second-order valence-electron chi connectivity index (χ2n) is 3.57. The van der Waals surface area contributed by atoms with E-state index in [-0.39, 0.29) is 10.8 Å². The molecule has 1 rings (SSSR count). The van der Waals surface area contributed by atoms with Gasteiger partial charge in [0.1, 0.15) is 4.90 Å². The standard InChI is InChI=1S/C11H16N4O3S2/c1-12-7-10(19-3)11(16)15-8-4-9(6-14-5-8)20(17,18)13-2/h4-7,12-13H,1-3H3,(H,15,16)/b10-7-. The number of hydrogen-bond donors (Lipinski definition) is 3. The zero-order valence-corrected chi connectivity index (χ0v) is 12.9. The summed E-state index contributed by atoms with van der Waals surface area (Å²) in [6.45, 7) is 0. The van der Waals surface area contributed by atoms with Crippen molar-refractivity contribution in [1.29, 1.82) is 0 Å². The molecule has 0 saturated carbocycles. The Morgan fingerprint density at radius 3 is 2.60 bits per heavy atom.